The van der Waals surface area contributed by atoms with Crippen LogP contribution in [0.4, 0.5) is 5.82 Å². The van der Waals surface area contributed by atoms with Crippen molar-refractivity contribution in [2.45, 2.75) is 44.7 Å². The number of amides is 1. The van der Waals surface area contributed by atoms with Crippen LogP contribution in [0.25, 0.3) is 0 Å². The molecule has 1 aliphatic heterocycles. The Labute approximate surface area is 136 Å². The second-order valence-electron chi connectivity index (χ2n) is 6.22. The van der Waals surface area contributed by atoms with Crippen LogP contribution in [0.3, 0.4) is 0 Å². The molecule has 23 heavy (non-hydrogen) atoms. The number of aromatic nitrogens is 2. The van der Waals surface area contributed by atoms with E-state index >= 15 is 0 Å². The molecule has 1 aliphatic rings. The lowest BCUT2D eigenvalue weighted by Gasteiger charge is -2.32. The van der Waals surface area contributed by atoms with Gasteiger partial charge in [-0.05, 0) is 38.3 Å². The van der Waals surface area contributed by atoms with Gasteiger partial charge in [-0.1, -0.05) is 0 Å². The largest absolute Gasteiger partial charge is 0.469 e. The van der Waals surface area contributed by atoms with Gasteiger partial charge in [-0.15, -0.1) is 0 Å². The standard InChI is InChI=1S/C17H24N4O2/c1-13(7-8-14-5-4-12-23-14)18-15-6-3-10-21(17(15)22)16-9-11-20(2)19-16/h4-5,9,11-13,15,18H,3,6-8,10H2,1-2H3/t13-,15-/m0/s1. The number of rotatable bonds is 6. The van der Waals surface area contributed by atoms with Crippen molar-refractivity contribution in [2.24, 2.45) is 7.05 Å². The van der Waals surface area contributed by atoms with Gasteiger partial charge in [-0.3, -0.25) is 14.4 Å². The van der Waals surface area contributed by atoms with E-state index in [4.69, 9.17) is 4.42 Å². The summed E-state index contributed by atoms with van der Waals surface area (Å²) in [6, 6.07) is 5.92. The summed E-state index contributed by atoms with van der Waals surface area (Å²) in [6.07, 6.45) is 7.26. The molecule has 1 fully saturated rings. The molecule has 124 valence electrons. The fraction of sp³-hybridized carbons (Fsp3) is 0.529. The Morgan fingerprint density at radius 2 is 2.35 bits per heavy atom. The van der Waals surface area contributed by atoms with E-state index in [0.717, 1.165) is 43.8 Å². The van der Waals surface area contributed by atoms with Gasteiger partial charge < -0.3 is 9.73 Å². The van der Waals surface area contributed by atoms with Crippen molar-refractivity contribution < 1.29 is 9.21 Å². The maximum atomic E-state index is 12.7. The molecule has 0 radical (unpaired) electrons. The number of nitrogens with one attached hydrogen (secondary N) is 1. The van der Waals surface area contributed by atoms with Crippen LogP contribution in [-0.2, 0) is 18.3 Å². The Morgan fingerprint density at radius 1 is 1.48 bits per heavy atom. The normalized spacial score (nSPS) is 20.0. The van der Waals surface area contributed by atoms with E-state index in [1.54, 1.807) is 15.8 Å². The third kappa shape index (κ3) is 3.82. The maximum Gasteiger partial charge on any atom is 0.245 e. The molecule has 1 saturated heterocycles. The SMILES string of the molecule is C[C@@H](CCc1ccco1)N[C@H]1CCCN(c2ccn(C)n2)C1=O. The van der Waals surface area contributed by atoms with Crippen molar-refractivity contribution in [1.29, 1.82) is 0 Å². The Balaban J connectivity index is 1.55. The molecule has 0 bridgehead atoms. The van der Waals surface area contributed by atoms with Crippen molar-refractivity contribution in [3.63, 3.8) is 0 Å². The van der Waals surface area contributed by atoms with Crippen LogP contribution in [0.1, 0.15) is 31.9 Å². The molecule has 0 aliphatic carbocycles. The third-order valence-corrected chi connectivity index (χ3v) is 4.30. The number of furan rings is 1. The number of nitrogens with zero attached hydrogens (tertiary/aromatic N) is 3. The van der Waals surface area contributed by atoms with E-state index in [1.807, 2.05) is 31.4 Å². The van der Waals surface area contributed by atoms with Crippen molar-refractivity contribution in [1.82, 2.24) is 15.1 Å². The van der Waals surface area contributed by atoms with Gasteiger partial charge in [0.1, 0.15) is 5.76 Å². The predicted octanol–water partition coefficient (Wildman–Crippen LogP) is 2.12. The molecule has 3 heterocycles. The summed E-state index contributed by atoms with van der Waals surface area (Å²) in [5, 5.41) is 7.82. The zero-order valence-corrected chi connectivity index (χ0v) is 13.7. The molecule has 0 saturated carbocycles. The van der Waals surface area contributed by atoms with E-state index in [-0.39, 0.29) is 18.0 Å². The Hall–Kier alpha value is -2.08. The minimum atomic E-state index is -0.127. The highest BCUT2D eigenvalue weighted by atomic mass is 16.3. The van der Waals surface area contributed by atoms with Gasteiger partial charge in [0, 0.05) is 38.3 Å². The van der Waals surface area contributed by atoms with Crippen LogP contribution in [-0.4, -0.2) is 34.3 Å². The monoisotopic (exact) mass is 316 g/mol. The first-order valence-corrected chi connectivity index (χ1v) is 8.23. The molecule has 1 amide bonds. The first-order chi connectivity index (χ1) is 11.1. The van der Waals surface area contributed by atoms with Crippen LogP contribution < -0.4 is 10.2 Å². The van der Waals surface area contributed by atoms with E-state index < -0.39 is 0 Å². The lowest BCUT2D eigenvalue weighted by Crippen LogP contribution is -2.53. The number of piperidine rings is 1. The molecule has 6 heteroatoms. The van der Waals surface area contributed by atoms with E-state index in [0.29, 0.717) is 0 Å². The predicted molar refractivity (Wildman–Crippen MR) is 88.2 cm³/mol. The van der Waals surface area contributed by atoms with Gasteiger partial charge in [0.05, 0.1) is 12.3 Å². The lowest BCUT2D eigenvalue weighted by atomic mass is 10.0. The van der Waals surface area contributed by atoms with Crippen molar-refractivity contribution in [3.8, 4) is 0 Å². The van der Waals surface area contributed by atoms with Crippen molar-refractivity contribution in [3.05, 3.63) is 36.4 Å². The summed E-state index contributed by atoms with van der Waals surface area (Å²) in [4.78, 5) is 14.5. The number of anilines is 1. The first-order valence-electron chi connectivity index (χ1n) is 8.23. The molecule has 2 aromatic rings. The zero-order chi connectivity index (χ0) is 16.2. The van der Waals surface area contributed by atoms with Gasteiger partial charge in [-0.25, -0.2) is 0 Å². The number of aryl methyl sites for hydroxylation is 2. The summed E-state index contributed by atoms with van der Waals surface area (Å²) in [5.74, 6) is 1.86. The molecule has 2 aromatic heterocycles. The summed E-state index contributed by atoms with van der Waals surface area (Å²) in [7, 11) is 1.87. The minimum absolute atomic E-state index is 0.125. The van der Waals surface area contributed by atoms with Crippen LogP contribution in [0.5, 0.6) is 0 Å². The number of hydrogen-bond donors (Lipinski definition) is 1. The summed E-state index contributed by atoms with van der Waals surface area (Å²) in [5.41, 5.74) is 0. The summed E-state index contributed by atoms with van der Waals surface area (Å²) >= 11 is 0. The van der Waals surface area contributed by atoms with Crippen molar-refractivity contribution in [2.75, 3.05) is 11.4 Å². The average molecular weight is 316 g/mol. The molecular weight excluding hydrogens is 292 g/mol. The summed E-state index contributed by atoms with van der Waals surface area (Å²) < 4.78 is 7.09. The second kappa shape index (κ2) is 7.00. The lowest BCUT2D eigenvalue weighted by molar-refractivity contribution is -0.122. The van der Waals surface area contributed by atoms with Gasteiger partial charge in [-0.2, -0.15) is 5.10 Å². The average Bonchev–Trinajstić information content (AvgIpc) is 3.19. The van der Waals surface area contributed by atoms with Gasteiger partial charge in [0.15, 0.2) is 5.82 Å². The quantitative estimate of drug-likeness (QED) is 0.886. The molecule has 2 atom stereocenters. The van der Waals surface area contributed by atoms with Gasteiger partial charge in [0.2, 0.25) is 5.91 Å². The number of carbonyl (C=O) groups is 1. The van der Waals surface area contributed by atoms with Crippen LogP contribution >= 0.6 is 0 Å². The molecular formula is C17H24N4O2. The molecule has 0 spiro atoms. The number of hydrogen-bond acceptors (Lipinski definition) is 4. The maximum absolute atomic E-state index is 12.7. The highest BCUT2D eigenvalue weighted by Crippen LogP contribution is 2.19. The first kappa shape index (κ1) is 15.8. The Bertz CT molecular complexity index is 635. The minimum Gasteiger partial charge on any atom is -0.469 e. The smallest absolute Gasteiger partial charge is 0.245 e. The van der Waals surface area contributed by atoms with E-state index in [2.05, 4.69) is 17.3 Å². The fourth-order valence-corrected chi connectivity index (χ4v) is 3.04. The molecule has 3 rings (SSSR count). The topological polar surface area (TPSA) is 63.3 Å². The third-order valence-electron chi connectivity index (χ3n) is 4.30. The highest BCUT2D eigenvalue weighted by molar-refractivity contribution is 5.97. The van der Waals surface area contributed by atoms with E-state index in [9.17, 15) is 4.79 Å². The molecule has 0 aromatic carbocycles. The zero-order valence-electron chi connectivity index (χ0n) is 13.7. The summed E-state index contributed by atoms with van der Waals surface area (Å²) in [6.45, 7) is 2.87. The fourth-order valence-electron chi connectivity index (χ4n) is 3.04. The highest BCUT2D eigenvalue weighted by Gasteiger charge is 2.31. The van der Waals surface area contributed by atoms with E-state index in [1.165, 1.54) is 0 Å². The number of carbonyl (C=O) groups excluding carboxylic acids is 1. The van der Waals surface area contributed by atoms with Crippen LogP contribution in [0.15, 0.2) is 35.1 Å². The van der Waals surface area contributed by atoms with Gasteiger partial charge >= 0.3 is 0 Å². The second-order valence-corrected chi connectivity index (χ2v) is 6.22. The molecule has 6 nitrogen and oxygen atoms in total. The van der Waals surface area contributed by atoms with Crippen LogP contribution in [0.2, 0.25) is 0 Å². The molecule has 0 unspecified atom stereocenters. The van der Waals surface area contributed by atoms with Gasteiger partial charge in [0.25, 0.3) is 0 Å². The molecule has 1 N–H and O–H groups in total. The Kier molecular flexibility index (Phi) is 4.81. The van der Waals surface area contributed by atoms with Crippen LogP contribution in [0, 0.1) is 0 Å². The van der Waals surface area contributed by atoms with Crippen molar-refractivity contribution >= 4 is 11.7 Å². The Morgan fingerprint density at radius 3 is 3.04 bits per heavy atom.